The fourth-order valence-corrected chi connectivity index (χ4v) is 2.21. The van der Waals surface area contributed by atoms with E-state index in [-0.39, 0.29) is 0 Å². The van der Waals surface area contributed by atoms with Crippen molar-refractivity contribution >= 4 is 0 Å². The first kappa shape index (κ1) is 13.8. The molecule has 0 aliphatic rings. The molecular formula is C18H23N. The van der Waals surface area contributed by atoms with Crippen LogP contribution in [0, 0.1) is 13.8 Å². The van der Waals surface area contributed by atoms with Crippen LogP contribution in [-0.2, 0) is 13.0 Å². The Hall–Kier alpha value is -1.60. The van der Waals surface area contributed by atoms with Crippen LogP contribution in [0.1, 0.15) is 28.7 Å². The number of aryl methyl sites for hydroxylation is 3. The molecular weight excluding hydrogens is 230 g/mol. The first-order chi connectivity index (χ1) is 9.25. The maximum Gasteiger partial charge on any atom is 0.0205 e. The molecule has 2 aromatic carbocycles. The zero-order valence-corrected chi connectivity index (χ0v) is 11.9. The van der Waals surface area contributed by atoms with Crippen LogP contribution in [0.2, 0.25) is 0 Å². The predicted molar refractivity (Wildman–Crippen MR) is 82.4 cm³/mol. The van der Waals surface area contributed by atoms with E-state index in [2.05, 4.69) is 67.7 Å². The van der Waals surface area contributed by atoms with Crippen molar-refractivity contribution in [3.8, 4) is 0 Å². The number of nitrogens with one attached hydrogen (secondary N) is 1. The molecule has 2 aromatic rings. The minimum absolute atomic E-state index is 0.968. The van der Waals surface area contributed by atoms with Crippen LogP contribution in [0.3, 0.4) is 0 Å². The molecule has 2 rings (SSSR count). The molecule has 1 N–H and O–H groups in total. The lowest BCUT2D eigenvalue weighted by Gasteiger charge is -2.07. The van der Waals surface area contributed by atoms with Crippen LogP contribution in [-0.4, -0.2) is 6.54 Å². The van der Waals surface area contributed by atoms with Gasteiger partial charge in [-0.1, -0.05) is 48.5 Å². The maximum atomic E-state index is 3.52. The predicted octanol–water partition coefficient (Wildman–Crippen LogP) is 4.03. The van der Waals surface area contributed by atoms with E-state index in [9.17, 15) is 0 Å². The molecule has 0 atom stereocenters. The average Bonchev–Trinajstić information content (AvgIpc) is 2.43. The highest BCUT2D eigenvalue weighted by atomic mass is 14.8. The normalized spacial score (nSPS) is 10.6. The van der Waals surface area contributed by atoms with E-state index in [0.29, 0.717) is 0 Å². The van der Waals surface area contributed by atoms with Crippen molar-refractivity contribution in [2.45, 2.75) is 33.2 Å². The standard InChI is InChI=1S/C18H23N/c1-15-10-11-18(13-16(15)2)14-19-12-6-9-17-7-4-3-5-8-17/h3-5,7-8,10-11,13,19H,6,9,12,14H2,1-2H3. The summed E-state index contributed by atoms with van der Waals surface area (Å²) in [6, 6.07) is 17.4. The Morgan fingerprint density at radius 2 is 1.63 bits per heavy atom. The summed E-state index contributed by atoms with van der Waals surface area (Å²) in [5.41, 5.74) is 5.55. The summed E-state index contributed by atoms with van der Waals surface area (Å²) in [5.74, 6) is 0. The SMILES string of the molecule is Cc1ccc(CNCCCc2ccccc2)cc1C. The zero-order valence-electron chi connectivity index (χ0n) is 11.9. The van der Waals surface area contributed by atoms with E-state index in [1.807, 2.05) is 0 Å². The third-order valence-corrected chi connectivity index (χ3v) is 3.56. The fourth-order valence-electron chi connectivity index (χ4n) is 2.21. The molecule has 19 heavy (non-hydrogen) atoms. The molecule has 0 aliphatic carbocycles. The topological polar surface area (TPSA) is 12.0 Å². The summed E-state index contributed by atoms with van der Waals surface area (Å²) in [5, 5.41) is 3.52. The second-order valence-corrected chi connectivity index (χ2v) is 5.18. The van der Waals surface area contributed by atoms with Gasteiger partial charge < -0.3 is 5.32 Å². The Morgan fingerprint density at radius 1 is 0.842 bits per heavy atom. The summed E-state index contributed by atoms with van der Waals surface area (Å²) in [4.78, 5) is 0. The second-order valence-electron chi connectivity index (χ2n) is 5.18. The van der Waals surface area contributed by atoms with Gasteiger partial charge in [-0.05, 0) is 55.5 Å². The molecule has 0 bridgehead atoms. The summed E-state index contributed by atoms with van der Waals surface area (Å²) < 4.78 is 0. The Bertz CT molecular complexity index is 502. The molecule has 0 aromatic heterocycles. The first-order valence-electron chi connectivity index (χ1n) is 7.06. The minimum Gasteiger partial charge on any atom is -0.313 e. The van der Waals surface area contributed by atoms with Crippen LogP contribution in [0.4, 0.5) is 0 Å². The summed E-state index contributed by atoms with van der Waals surface area (Å²) in [7, 11) is 0. The van der Waals surface area contributed by atoms with Gasteiger partial charge in [0.05, 0.1) is 0 Å². The molecule has 1 nitrogen and oxygen atoms in total. The minimum atomic E-state index is 0.968. The van der Waals surface area contributed by atoms with E-state index in [1.165, 1.54) is 28.7 Å². The molecule has 0 aliphatic heterocycles. The monoisotopic (exact) mass is 253 g/mol. The molecule has 100 valence electrons. The van der Waals surface area contributed by atoms with Gasteiger partial charge in [-0.15, -0.1) is 0 Å². The van der Waals surface area contributed by atoms with Crippen molar-refractivity contribution < 1.29 is 0 Å². The number of benzene rings is 2. The van der Waals surface area contributed by atoms with Gasteiger partial charge in [-0.3, -0.25) is 0 Å². The number of hydrogen-bond donors (Lipinski definition) is 1. The van der Waals surface area contributed by atoms with E-state index in [0.717, 1.165) is 19.5 Å². The molecule has 0 saturated carbocycles. The Morgan fingerprint density at radius 3 is 2.37 bits per heavy atom. The van der Waals surface area contributed by atoms with E-state index in [4.69, 9.17) is 0 Å². The lowest BCUT2D eigenvalue weighted by atomic mass is 10.1. The quantitative estimate of drug-likeness (QED) is 0.767. The van der Waals surface area contributed by atoms with Crippen molar-refractivity contribution in [3.63, 3.8) is 0 Å². The average molecular weight is 253 g/mol. The number of rotatable bonds is 6. The van der Waals surface area contributed by atoms with Crippen molar-refractivity contribution in [2.24, 2.45) is 0 Å². The molecule has 0 saturated heterocycles. The largest absolute Gasteiger partial charge is 0.313 e. The smallest absolute Gasteiger partial charge is 0.0205 e. The van der Waals surface area contributed by atoms with Crippen LogP contribution in [0.15, 0.2) is 48.5 Å². The Labute approximate surface area is 116 Å². The molecule has 1 heteroatoms. The Kier molecular flexibility index (Phi) is 5.17. The van der Waals surface area contributed by atoms with Crippen molar-refractivity contribution in [1.29, 1.82) is 0 Å². The highest BCUT2D eigenvalue weighted by Gasteiger charge is 1.96. The van der Waals surface area contributed by atoms with Gasteiger partial charge in [-0.25, -0.2) is 0 Å². The van der Waals surface area contributed by atoms with Crippen LogP contribution >= 0.6 is 0 Å². The summed E-state index contributed by atoms with van der Waals surface area (Å²) >= 11 is 0. The molecule has 0 unspecified atom stereocenters. The Balaban J connectivity index is 1.68. The third kappa shape index (κ3) is 4.53. The van der Waals surface area contributed by atoms with Gasteiger partial charge >= 0.3 is 0 Å². The van der Waals surface area contributed by atoms with Gasteiger partial charge in [0.25, 0.3) is 0 Å². The highest BCUT2D eigenvalue weighted by Crippen LogP contribution is 2.09. The van der Waals surface area contributed by atoms with Crippen molar-refractivity contribution in [2.75, 3.05) is 6.54 Å². The molecule has 0 fully saturated rings. The second kappa shape index (κ2) is 7.10. The van der Waals surface area contributed by atoms with Crippen molar-refractivity contribution in [3.05, 3.63) is 70.8 Å². The van der Waals surface area contributed by atoms with Gasteiger partial charge in [0, 0.05) is 6.54 Å². The van der Waals surface area contributed by atoms with E-state index >= 15 is 0 Å². The summed E-state index contributed by atoms with van der Waals surface area (Å²) in [6.07, 6.45) is 2.34. The molecule has 0 radical (unpaired) electrons. The molecule has 0 amide bonds. The highest BCUT2D eigenvalue weighted by molar-refractivity contribution is 5.29. The van der Waals surface area contributed by atoms with Crippen molar-refractivity contribution in [1.82, 2.24) is 5.32 Å². The fraction of sp³-hybridized carbons (Fsp3) is 0.333. The first-order valence-corrected chi connectivity index (χ1v) is 7.06. The van der Waals surface area contributed by atoms with Crippen LogP contribution in [0.5, 0.6) is 0 Å². The summed E-state index contributed by atoms with van der Waals surface area (Å²) in [6.45, 7) is 6.37. The van der Waals surface area contributed by atoms with E-state index < -0.39 is 0 Å². The lowest BCUT2D eigenvalue weighted by Crippen LogP contribution is -2.15. The van der Waals surface area contributed by atoms with Crippen LogP contribution in [0.25, 0.3) is 0 Å². The van der Waals surface area contributed by atoms with E-state index in [1.54, 1.807) is 0 Å². The van der Waals surface area contributed by atoms with Crippen LogP contribution < -0.4 is 5.32 Å². The van der Waals surface area contributed by atoms with Gasteiger partial charge in [0.15, 0.2) is 0 Å². The van der Waals surface area contributed by atoms with Gasteiger partial charge in [0.1, 0.15) is 0 Å². The molecule has 0 spiro atoms. The zero-order chi connectivity index (χ0) is 13.5. The third-order valence-electron chi connectivity index (χ3n) is 3.56. The van der Waals surface area contributed by atoms with Gasteiger partial charge in [-0.2, -0.15) is 0 Å². The van der Waals surface area contributed by atoms with Gasteiger partial charge in [0.2, 0.25) is 0 Å². The molecule has 0 heterocycles. The maximum absolute atomic E-state index is 3.52. The number of hydrogen-bond acceptors (Lipinski definition) is 1. The lowest BCUT2D eigenvalue weighted by molar-refractivity contribution is 0.649.